The first-order valence-corrected chi connectivity index (χ1v) is 10.2. The zero-order valence-electron chi connectivity index (χ0n) is 17.5. The highest BCUT2D eigenvalue weighted by molar-refractivity contribution is 5.37. The Morgan fingerprint density at radius 1 is 1.14 bits per heavy atom. The van der Waals surface area contributed by atoms with Gasteiger partial charge in [0.25, 0.3) is 0 Å². The van der Waals surface area contributed by atoms with Gasteiger partial charge in [-0.2, -0.15) is 9.61 Å². The van der Waals surface area contributed by atoms with Crippen molar-refractivity contribution < 1.29 is 4.42 Å². The Morgan fingerprint density at radius 3 is 2.57 bits per heavy atom. The average Bonchev–Trinajstić information content (AvgIpc) is 3.28. The monoisotopic (exact) mass is 382 g/mol. The fraction of sp³-hybridized carbons (Fsp3) is 0.619. The lowest BCUT2D eigenvalue weighted by Gasteiger charge is -2.30. The van der Waals surface area contributed by atoms with Crippen LogP contribution >= 0.6 is 0 Å². The summed E-state index contributed by atoms with van der Waals surface area (Å²) in [6.45, 7) is 13.7. The van der Waals surface area contributed by atoms with E-state index in [1.165, 1.54) is 0 Å². The van der Waals surface area contributed by atoms with E-state index in [2.05, 4.69) is 60.8 Å². The van der Waals surface area contributed by atoms with E-state index in [4.69, 9.17) is 9.52 Å². The molecule has 0 aromatic carbocycles. The summed E-state index contributed by atoms with van der Waals surface area (Å²) in [6.07, 6.45) is 3.67. The van der Waals surface area contributed by atoms with Gasteiger partial charge in [-0.3, -0.25) is 4.90 Å². The summed E-state index contributed by atoms with van der Waals surface area (Å²) < 4.78 is 7.52. The minimum atomic E-state index is 0.00477. The van der Waals surface area contributed by atoms with Crippen LogP contribution in [-0.4, -0.2) is 42.8 Å². The second kappa shape index (κ2) is 7.28. The Morgan fingerprint density at radius 2 is 1.89 bits per heavy atom. The lowest BCUT2D eigenvalue weighted by molar-refractivity contribution is 0.197. The number of rotatable bonds is 4. The molecule has 0 atom stereocenters. The largest absolute Gasteiger partial charge is 0.448 e. The summed E-state index contributed by atoms with van der Waals surface area (Å²) in [5, 5.41) is 13.7. The number of hydrogen-bond donors (Lipinski definition) is 0. The minimum Gasteiger partial charge on any atom is -0.448 e. The van der Waals surface area contributed by atoms with Crippen LogP contribution in [0.2, 0.25) is 0 Å². The van der Waals surface area contributed by atoms with Crippen LogP contribution in [-0.2, 0) is 12.0 Å². The van der Waals surface area contributed by atoms with Crippen molar-refractivity contribution >= 4 is 5.65 Å². The Labute approximate surface area is 166 Å². The van der Waals surface area contributed by atoms with Crippen molar-refractivity contribution in [3.63, 3.8) is 0 Å². The predicted molar refractivity (Wildman–Crippen MR) is 107 cm³/mol. The Hall–Kier alpha value is -2.28. The summed E-state index contributed by atoms with van der Waals surface area (Å²) in [7, 11) is 0. The lowest BCUT2D eigenvalue weighted by Crippen LogP contribution is -2.33. The molecule has 0 spiro atoms. The van der Waals surface area contributed by atoms with Crippen molar-refractivity contribution in [3.8, 4) is 0 Å². The number of aromatic nitrogens is 5. The summed E-state index contributed by atoms with van der Waals surface area (Å²) in [4.78, 5) is 6.89. The predicted octanol–water partition coefficient (Wildman–Crippen LogP) is 3.91. The molecule has 7 nitrogen and oxygen atoms in total. The first-order valence-electron chi connectivity index (χ1n) is 10.2. The fourth-order valence-corrected chi connectivity index (χ4v) is 3.89. The smallest absolute Gasteiger partial charge is 0.181 e. The molecule has 3 aromatic heterocycles. The quantitative estimate of drug-likeness (QED) is 0.681. The van der Waals surface area contributed by atoms with Crippen LogP contribution in [0.3, 0.4) is 0 Å². The minimum absolute atomic E-state index is 0.00477. The molecule has 0 bridgehead atoms. The normalized spacial score (nSPS) is 17.1. The molecule has 0 aliphatic carbocycles. The van der Waals surface area contributed by atoms with Crippen LogP contribution in [0, 0.1) is 0 Å². The van der Waals surface area contributed by atoms with E-state index in [9.17, 15) is 0 Å². The maximum Gasteiger partial charge on any atom is 0.181 e. The van der Waals surface area contributed by atoms with Crippen molar-refractivity contribution in [2.45, 2.75) is 71.3 Å². The fourth-order valence-electron chi connectivity index (χ4n) is 3.89. The van der Waals surface area contributed by atoms with Crippen molar-refractivity contribution in [1.82, 2.24) is 29.7 Å². The van der Waals surface area contributed by atoms with Gasteiger partial charge in [-0.25, -0.2) is 4.98 Å². The molecule has 4 rings (SSSR count). The molecule has 0 N–H and O–H groups in total. The molecular weight excluding hydrogens is 352 g/mol. The first-order chi connectivity index (χ1) is 13.3. The highest BCUT2D eigenvalue weighted by atomic mass is 16.3. The molecule has 0 radical (unpaired) electrons. The standard InChI is InChI=1S/C21H30N6O/c1-14(2)19-16(22-13-28-19)12-26-10-8-15(9-11-26)20-24-23-18-7-6-17(21(3,4)5)25-27(18)20/h6-7,13-15H,8-12H2,1-5H3. The average molecular weight is 383 g/mol. The van der Waals surface area contributed by atoms with Crippen molar-refractivity contribution in [1.29, 1.82) is 0 Å². The summed E-state index contributed by atoms with van der Waals surface area (Å²) in [6, 6.07) is 4.08. The van der Waals surface area contributed by atoms with E-state index in [-0.39, 0.29) is 5.41 Å². The number of oxazole rings is 1. The Kier molecular flexibility index (Phi) is 4.95. The number of nitrogens with zero attached hydrogens (tertiary/aromatic N) is 6. The second-order valence-electron chi connectivity index (χ2n) is 9.17. The Bertz CT molecular complexity index is 943. The van der Waals surface area contributed by atoms with E-state index in [0.717, 1.165) is 61.1 Å². The van der Waals surface area contributed by atoms with Crippen LogP contribution in [0.5, 0.6) is 0 Å². The van der Waals surface area contributed by atoms with Gasteiger partial charge in [0.1, 0.15) is 5.76 Å². The van der Waals surface area contributed by atoms with Gasteiger partial charge in [-0.05, 0) is 38.1 Å². The molecule has 1 aliphatic rings. The van der Waals surface area contributed by atoms with Crippen molar-refractivity contribution in [3.05, 3.63) is 41.5 Å². The molecule has 0 amide bonds. The van der Waals surface area contributed by atoms with E-state index in [1.54, 1.807) is 6.39 Å². The molecule has 0 unspecified atom stereocenters. The molecule has 28 heavy (non-hydrogen) atoms. The van der Waals surface area contributed by atoms with Crippen LogP contribution < -0.4 is 0 Å². The van der Waals surface area contributed by atoms with Crippen LogP contribution in [0.25, 0.3) is 5.65 Å². The summed E-state index contributed by atoms with van der Waals surface area (Å²) in [5.41, 5.74) is 2.96. The van der Waals surface area contributed by atoms with E-state index >= 15 is 0 Å². The SMILES string of the molecule is CC(C)c1ocnc1CN1CCC(c2nnc3ccc(C(C)(C)C)nn23)CC1. The third kappa shape index (κ3) is 3.68. The molecular formula is C21H30N6O. The van der Waals surface area contributed by atoms with Gasteiger partial charge < -0.3 is 4.42 Å². The van der Waals surface area contributed by atoms with Crippen LogP contribution in [0.15, 0.2) is 22.9 Å². The number of piperidine rings is 1. The van der Waals surface area contributed by atoms with Gasteiger partial charge in [0.15, 0.2) is 17.9 Å². The van der Waals surface area contributed by atoms with E-state index in [1.807, 2.05) is 10.6 Å². The van der Waals surface area contributed by atoms with Gasteiger partial charge in [0, 0.05) is 23.8 Å². The topological polar surface area (TPSA) is 72.3 Å². The van der Waals surface area contributed by atoms with Crippen molar-refractivity contribution in [2.24, 2.45) is 0 Å². The Balaban J connectivity index is 1.47. The molecule has 1 fully saturated rings. The number of fused-ring (bicyclic) bond motifs is 1. The highest BCUT2D eigenvalue weighted by Gasteiger charge is 2.27. The van der Waals surface area contributed by atoms with E-state index in [0.29, 0.717) is 11.8 Å². The molecule has 7 heteroatoms. The van der Waals surface area contributed by atoms with Gasteiger partial charge >= 0.3 is 0 Å². The molecule has 1 aliphatic heterocycles. The van der Waals surface area contributed by atoms with Gasteiger partial charge in [-0.1, -0.05) is 34.6 Å². The van der Waals surface area contributed by atoms with Crippen LogP contribution in [0.4, 0.5) is 0 Å². The van der Waals surface area contributed by atoms with Gasteiger partial charge in [-0.15, -0.1) is 10.2 Å². The highest BCUT2D eigenvalue weighted by Crippen LogP contribution is 2.29. The van der Waals surface area contributed by atoms with Crippen molar-refractivity contribution in [2.75, 3.05) is 13.1 Å². The number of likely N-dealkylation sites (tertiary alicyclic amines) is 1. The molecule has 3 aromatic rings. The summed E-state index contributed by atoms with van der Waals surface area (Å²) >= 11 is 0. The zero-order chi connectivity index (χ0) is 19.9. The second-order valence-corrected chi connectivity index (χ2v) is 9.17. The third-order valence-electron chi connectivity index (χ3n) is 5.58. The molecule has 4 heterocycles. The third-order valence-corrected chi connectivity index (χ3v) is 5.58. The molecule has 150 valence electrons. The molecule has 0 saturated carbocycles. The lowest BCUT2D eigenvalue weighted by atomic mass is 9.92. The van der Waals surface area contributed by atoms with Crippen LogP contribution in [0.1, 0.15) is 82.3 Å². The number of hydrogen-bond acceptors (Lipinski definition) is 6. The van der Waals surface area contributed by atoms with E-state index < -0.39 is 0 Å². The maximum atomic E-state index is 5.57. The van der Waals surface area contributed by atoms with Gasteiger partial charge in [0.2, 0.25) is 0 Å². The van der Waals surface area contributed by atoms with Gasteiger partial charge in [0.05, 0.1) is 11.4 Å². The first kappa shape index (κ1) is 19.1. The maximum absolute atomic E-state index is 5.57. The molecule has 1 saturated heterocycles. The summed E-state index contributed by atoms with van der Waals surface area (Å²) in [5.74, 6) is 2.74. The zero-order valence-corrected chi connectivity index (χ0v) is 17.5.